The molecule has 7 nitrogen and oxygen atoms in total. The highest BCUT2D eigenvalue weighted by Crippen LogP contribution is 2.17. The number of hydrogen-bond acceptors (Lipinski definition) is 5. The summed E-state index contributed by atoms with van der Waals surface area (Å²) >= 11 is 0. The Kier molecular flexibility index (Phi) is 7.78. The van der Waals surface area contributed by atoms with Gasteiger partial charge in [0, 0.05) is 6.54 Å². The van der Waals surface area contributed by atoms with E-state index in [9.17, 15) is 9.90 Å². The molecule has 1 aromatic heterocycles. The molecule has 0 spiro atoms. The minimum atomic E-state index is -0.529. The van der Waals surface area contributed by atoms with E-state index >= 15 is 0 Å². The van der Waals surface area contributed by atoms with Gasteiger partial charge < -0.3 is 15.7 Å². The van der Waals surface area contributed by atoms with E-state index in [1.165, 1.54) is 0 Å². The molecule has 1 aliphatic rings. The summed E-state index contributed by atoms with van der Waals surface area (Å²) in [4.78, 5) is 12.0. The maximum atomic E-state index is 12.0. The number of nitrogens with one attached hydrogen (secondary N) is 2. The first kappa shape index (κ1) is 18.9. The second-order valence-corrected chi connectivity index (χ2v) is 5.73. The maximum Gasteiger partial charge on any atom is 0.273 e. The van der Waals surface area contributed by atoms with E-state index in [0.717, 1.165) is 32.4 Å². The van der Waals surface area contributed by atoms with E-state index < -0.39 is 6.10 Å². The number of amides is 1. The lowest BCUT2D eigenvalue weighted by Crippen LogP contribution is -2.35. The van der Waals surface area contributed by atoms with Crippen molar-refractivity contribution in [3.8, 4) is 0 Å². The fourth-order valence-corrected chi connectivity index (χ4v) is 2.39. The molecule has 2 rings (SSSR count). The van der Waals surface area contributed by atoms with Crippen molar-refractivity contribution in [3.63, 3.8) is 0 Å². The Morgan fingerprint density at radius 2 is 2.23 bits per heavy atom. The van der Waals surface area contributed by atoms with Crippen LogP contribution in [-0.4, -0.2) is 51.7 Å². The number of rotatable bonds is 6. The molecular formula is C14H26ClN5O2. The molecular weight excluding hydrogens is 306 g/mol. The Hall–Kier alpha value is -1.18. The molecule has 0 radical (unpaired) electrons. The number of aromatic nitrogens is 3. The second-order valence-electron chi connectivity index (χ2n) is 5.73. The summed E-state index contributed by atoms with van der Waals surface area (Å²) in [6.45, 7) is 6.15. The molecule has 1 aliphatic heterocycles. The lowest BCUT2D eigenvalue weighted by Gasteiger charge is -2.22. The van der Waals surface area contributed by atoms with Crippen molar-refractivity contribution in [2.75, 3.05) is 19.6 Å². The largest absolute Gasteiger partial charge is 0.391 e. The number of aliphatic hydroxyl groups is 1. The van der Waals surface area contributed by atoms with Gasteiger partial charge >= 0.3 is 0 Å². The molecule has 0 bridgehead atoms. The Labute approximate surface area is 137 Å². The number of hydrogen-bond donors (Lipinski definition) is 3. The van der Waals surface area contributed by atoms with Crippen LogP contribution < -0.4 is 10.6 Å². The quantitative estimate of drug-likeness (QED) is 0.716. The molecule has 3 N–H and O–H groups in total. The predicted molar refractivity (Wildman–Crippen MR) is 86.2 cm³/mol. The van der Waals surface area contributed by atoms with Gasteiger partial charge in [0.1, 0.15) is 0 Å². The number of carbonyl (C=O) groups is 1. The lowest BCUT2D eigenvalue weighted by molar-refractivity contribution is 0.0846. The van der Waals surface area contributed by atoms with E-state index in [1.807, 2.05) is 13.8 Å². The van der Waals surface area contributed by atoms with Gasteiger partial charge in [-0.3, -0.25) is 4.79 Å². The summed E-state index contributed by atoms with van der Waals surface area (Å²) in [5.41, 5.74) is 0.310. The Balaban J connectivity index is 0.00000242. The number of halogens is 1. The minimum Gasteiger partial charge on any atom is -0.391 e. The van der Waals surface area contributed by atoms with Gasteiger partial charge in [-0.15, -0.1) is 17.5 Å². The number of aliphatic hydroxyl groups excluding tert-OH is 1. The highest BCUT2D eigenvalue weighted by Gasteiger charge is 2.19. The summed E-state index contributed by atoms with van der Waals surface area (Å²) in [5.74, 6) is -0.117. The van der Waals surface area contributed by atoms with Crippen molar-refractivity contribution in [1.29, 1.82) is 0 Å². The third kappa shape index (κ3) is 4.93. The first-order chi connectivity index (χ1) is 10.1. The molecule has 1 amide bonds. The van der Waals surface area contributed by atoms with Crippen molar-refractivity contribution in [1.82, 2.24) is 25.6 Å². The van der Waals surface area contributed by atoms with Crippen LogP contribution in [0.15, 0.2) is 6.20 Å². The Morgan fingerprint density at radius 1 is 1.55 bits per heavy atom. The van der Waals surface area contributed by atoms with Crippen molar-refractivity contribution in [2.45, 2.75) is 45.3 Å². The van der Waals surface area contributed by atoms with Crippen LogP contribution >= 0.6 is 12.4 Å². The summed E-state index contributed by atoms with van der Waals surface area (Å²) < 4.78 is 1.78. The van der Waals surface area contributed by atoms with Crippen LogP contribution in [0.5, 0.6) is 0 Å². The van der Waals surface area contributed by atoms with Crippen LogP contribution in [0.1, 0.15) is 49.6 Å². The minimum absolute atomic E-state index is 0. The van der Waals surface area contributed by atoms with Gasteiger partial charge in [-0.25, -0.2) is 4.68 Å². The van der Waals surface area contributed by atoms with E-state index in [0.29, 0.717) is 11.7 Å². The summed E-state index contributed by atoms with van der Waals surface area (Å²) in [7, 11) is 0. The van der Waals surface area contributed by atoms with Crippen LogP contribution in [0.4, 0.5) is 0 Å². The van der Waals surface area contributed by atoms with Gasteiger partial charge in [0.15, 0.2) is 5.69 Å². The Bertz CT molecular complexity index is 462. The molecule has 0 saturated carbocycles. The zero-order valence-electron chi connectivity index (χ0n) is 13.2. The highest BCUT2D eigenvalue weighted by molar-refractivity contribution is 5.91. The molecule has 126 valence electrons. The molecule has 2 heterocycles. The van der Waals surface area contributed by atoms with Crippen LogP contribution in [0.3, 0.4) is 0 Å². The maximum absolute atomic E-state index is 12.0. The molecule has 2 atom stereocenters. The molecule has 0 aromatic carbocycles. The predicted octanol–water partition coefficient (Wildman–Crippen LogP) is 0.761. The number of piperidine rings is 1. The summed E-state index contributed by atoms with van der Waals surface area (Å²) in [5, 5.41) is 23.9. The highest BCUT2D eigenvalue weighted by atomic mass is 35.5. The van der Waals surface area contributed by atoms with Gasteiger partial charge in [0.2, 0.25) is 0 Å². The number of carbonyl (C=O) groups excluding carboxylic acids is 1. The molecule has 1 saturated heterocycles. The zero-order chi connectivity index (χ0) is 15.2. The average Bonchev–Trinajstić information content (AvgIpc) is 3.02. The molecule has 0 aliphatic carbocycles. The van der Waals surface area contributed by atoms with Crippen molar-refractivity contribution >= 4 is 18.3 Å². The third-order valence-electron chi connectivity index (χ3n) is 4.20. The van der Waals surface area contributed by atoms with Crippen LogP contribution in [-0.2, 0) is 0 Å². The van der Waals surface area contributed by atoms with E-state index in [2.05, 4.69) is 20.9 Å². The molecule has 1 fully saturated rings. The monoisotopic (exact) mass is 331 g/mol. The van der Waals surface area contributed by atoms with Crippen LogP contribution in [0.2, 0.25) is 0 Å². The van der Waals surface area contributed by atoms with E-state index in [4.69, 9.17) is 0 Å². The fraction of sp³-hybridized carbons (Fsp3) is 0.786. The lowest BCUT2D eigenvalue weighted by atomic mass is 10.0. The van der Waals surface area contributed by atoms with E-state index in [1.54, 1.807) is 10.9 Å². The van der Waals surface area contributed by atoms with Gasteiger partial charge in [0.05, 0.1) is 18.3 Å². The first-order valence-electron chi connectivity index (χ1n) is 7.70. The van der Waals surface area contributed by atoms with Crippen LogP contribution in [0.25, 0.3) is 0 Å². The molecule has 2 unspecified atom stereocenters. The summed E-state index contributed by atoms with van der Waals surface area (Å²) in [6.07, 6.45) is 4.04. The fourth-order valence-electron chi connectivity index (χ4n) is 2.39. The normalized spacial score (nSPS) is 18.3. The molecule has 8 heteroatoms. The van der Waals surface area contributed by atoms with Gasteiger partial charge in [-0.2, -0.15) is 0 Å². The van der Waals surface area contributed by atoms with Gasteiger partial charge in [-0.1, -0.05) is 25.5 Å². The standard InChI is InChI=1S/C14H25N5O2.ClH/c1-3-10(2)13(20)8-16-14(21)12-9-19(18-17-12)11-4-6-15-7-5-11;/h9-11,13,15,20H,3-8H2,1-2H3,(H,16,21);1H. The third-order valence-corrected chi connectivity index (χ3v) is 4.20. The van der Waals surface area contributed by atoms with Crippen molar-refractivity contribution in [3.05, 3.63) is 11.9 Å². The first-order valence-corrected chi connectivity index (χ1v) is 7.70. The molecule has 22 heavy (non-hydrogen) atoms. The van der Waals surface area contributed by atoms with Gasteiger partial charge in [0.25, 0.3) is 5.91 Å². The SMILES string of the molecule is CCC(C)C(O)CNC(=O)c1cn(C2CCNCC2)nn1.Cl. The van der Waals surface area contributed by atoms with Crippen molar-refractivity contribution < 1.29 is 9.90 Å². The Morgan fingerprint density at radius 3 is 2.86 bits per heavy atom. The van der Waals surface area contributed by atoms with Crippen molar-refractivity contribution in [2.24, 2.45) is 5.92 Å². The number of nitrogens with zero attached hydrogens (tertiary/aromatic N) is 3. The average molecular weight is 332 g/mol. The van der Waals surface area contributed by atoms with Crippen LogP contribution in [0, 0.1) is 5.92 Å². The topological polar surface area (TPSA) is 92.1 Å². The van der Waals surface area contributed by atoms with Gasteiger partial charge in [-0.05, 0) is 31.8 Å². The van der Waals surface area contributed by atoms with E-state index in [-0.39, 0.29) is 30.8 Å². The zero-order valence-corrected chi connectivity index (χ0v) is 14.0. The molecule has 1 aromatic rings. The summed E-state index contributed by atoms with van der Waals surface area (Å²) in [6, 6.07) is 0.311. The second kappa shape index (κ2) is 9.07. The smallest absolute Gasteiger partial charge is 0.273 e.